The van der Waals surface area contributed by atoms with E-state index in [9.17, 15) is 76.6 Å². The SMILES string of the molecule is C=C(C)[C@H]1CC[C@]2(C(=O)O[C@@H]3O[C@H](CO[C@@H]4O[C@H](CO)[C@@H](O[C@@H]5O[C@@H](C)[C@H](O)[C@@H](O)[C@H]5O)[C@H](O)[C@@H]4O)[C@@H](O)[C@H](O)[C@@H]3O)CC[C@]3(C)[C@H](CC[C@@H]4[C@@]5(C)CC[C@H](O[C@@H]6OC[C@H](O)[C@H](O)[C@@H]6O[C@@H]6O[C@@H](C)[C@H](O)[C@@H](O)[C@@H]6O)[C@@](C)(CO)[C@@H]5CC[C@]43C)[C@H]12. The van der Waals surface area contributed by atoms with E-state index in [-0.39, 0.29) is 59.0 Å². The molecule has 5 heterocycles. The lowest BCUT2D eigenvalue weighted by Crippen LogP contribution is -2.68. The summed E-state index contributed by atoms with van der Waals surface area (Å²) < 4.78 is 59.5. The number of rotatable bonds is 14. The Kier molecular flexibility index (Phi) is 19.2. The van der Waals surface area contributed by atoms with E-state index in [0.29, 0.717) is 38.5 Å². The van der Waals surface area contributed by atoms with Crippen LogP contribution >= 0.6 is 0 Å². The Morgan fingerprint density at radius 2 is 1.13 bits per heavy atom. The van der Waals surface area contributed by atoms with Gasteiger partial charge in [-0.15, -0.1) is 0 Å². The molecule has 26 nitrogen and oxygen atoms in total. The van der Waals surface area contributed by atoms with Crippen molar-refractivity contribution in [2.24, 2.45) is 56.7 Å². The molecule has 5 saturated carbocycles. The zero-order valence-corrected chi connectivity index (χ0v) is 49.6. The third-order valence-electron chi connectivity index (χ3n) is 23.6. The molecule has 85 heavy (non-hydrogen) atoms. The lowest BCUT2D eigenvalue weighted by molar-refractivity contribution is -0.366. The van der Waals surface area contributed by atoms with Gasteiger partial charge < -0.3 is 124 Å². The first-order valence-electron chi connectivity index (χ1n) is 30.7. The largest absolute Gasteiger partial charge is 0.432 e. The van der Waals surface area contributed by atoms with Gasteiger partial charge in [0.1, 0.15) is 104 Å². The summed E-state index contributed by atoms with van der Waals surface area (Å²) in [6.07, 6.45) is -31.6. The lowest BCUT2D eigenvalue weighted by Gasteiger charge is -2.73. The highest BCUT2D eigenvalue weighted by Gasteiger charge is 2.73. The van der Waals surface area contributed by atoms with E-state index < -0.39 is 184 Å². The van der Waals surface area contributed by atoms with Crippen LogP contribution in [0.15, 0.2) is 12.2 Å². The van der Waals surface area contributed by atoms with E-state index in [1.54, 1.807) is 0 Å². The smallest absolute Gasteiger partial charge is 0.314 e. The van der Waals surface area contributed by atoms with Gasteiger partial charge in [-0.3, -0.25) is 4.79 Å². The molecule has 0 aromatic carbocycles. The number of carbonyl (C=O) groups excluding carboxylic acids is 1. The number of carbonyl (C=O) groups is 1. The van der Waals surface area contributed by atoms with Crippen LogP contribution in [-0.2, 0) is 52.2 Å². The van der Waals surface area contributed by atoms with Crippen molar-refractivity contribution >= 4 is 5.97 Å². The third-order valence-corrected chi connectivity index (χ3v) is 23.6. The summed E-state index contributed by atoms with van der Waals surface area (Å²) in [7, 11) is 0. The van der Waals surface area contributed by atoms with Crippen molar-refractivity contribution in [3.8, 4) is 0 Å². The molecule has 5 saturated heterocycles. The first-order chi connectivity index (χ1) is 39.9. The summed E-state index contributed by atoms with van der Waals surface area (Å²) in [6, 6.07) is 0. The molecule has 15 N–H and O–H groups in total. The Bertz CT molecular complexity index is 2340. The minimum absolute atomic E-state index is 0.0172. The molecule has 0 spiro atoms. The van der Waals surface area contributed by atoms with Crippen molar-refractivity contribution < 1.29 is 129 Å². The van der Waals surface area contributed by atoms with Crippen LogP contribution in [0, 0.1) is 56.7 Å². The zero-order chi connectivity index (χ0) is 61.9. The normalized spacial score (nSPS) is 56.3. The maximum absolute atomic E-state index is 15.2. The topological polar surface area (TPSA) is 413 Å². The number of aliphatic hydroxyl groups is 15. The number of aliphatic hydroxyl groups excluding tert-OH is 15. The van der Waals surface area contributed by atoms with Gasteiger partial charge in [-0.05, 0) is 131 Å². The van der Waals surface area contributed by atoms with Crippen LogP contribution in [0.5, 0.6) is 0 Å². The van der Waals surface area contributed by atoms with Crippen LogP contribution in [0.2, 0.25) is 0 Å². The highest BCUT2D eigenvalue weighted by molar-refractivity contribution is 5.78. The quantitative estimate of drug-likeness (QED) is 0.0478. The number of allylic oxidation sites excluding steroid dienone is 1. The van der Waals surface area contributed by atoms with Gasteiger partial charge in [0.25, 0.3) is 0 Å². The van der Waals surface area contributed by atoms with E-state index in [4.69, 9.17) is 47.4 Å². The fourth-order valence-corrected chi connectivity index (χ4v) is 18.4. The molecule has 35 atom stereocenters. The van der Waals surface area contributed by atoms with E-state index in [0.717, 1.165) is 31.3 Å². The van der Waals surface area contributed by atoms with E-state index >= 15 is 4.79 Å². The maximum atomic E-state index is 15.2. The second-order valence-electron chi connectivity index (χ2n) is 28.0. The summed E-state index contributed by atoms with van der Waals surface area (Å²) in [4.78, 5) is 15.2. The Balaban J connectivity index is 0.820. The number of hydrogen-bond donors (Lipinski definition) is 15. The van der Waals surface area contributed by atoms with Gasteiger partial charge >= 0.3 is 5.97 Å². The monoisotopic (exact) mass is 1220 g/mol. The van der Waals surface area contributed by atoms with Gasteiger partial charge in [-0.1, -0.05) is 39.8 Å². The molecule has 0 unspecified atom stereocenters. The Morgan fingerprint density at radius 3 is 1.74 bits per heavy atom. The molecule has 10 aliphatic rings. The Morgan fingerprint density at radius 1 is 0.541 bits per heavy atom. The highest BCUT2D eigenvalue weighted by Crippen LogP contribution is 2.78. The van der Waals surface area contributed by atoms with Crippen molar-refractivity contribution in [3.05, 3.63) is 12.2 Å². The molecule has 26 heteroatoms. The average molecular weight is 1220 g/mol. The van der Waals surface area contributed by atoms with Crippen LogP contribution in [-0.4, -0.2) is 263 Å². The maximum Gasteiger partial charge on any atom is 0.314 e. The molecular weight excluding hydrogens is 1120 g/mol. The van der Waals surface area contributed by atoms with Crippen LogP contribution in [0.25, 0.3) is 0 Å². The van der Waals surface area contributed by atoms with Crippen molar-refractivity contribution in [1.82, 2.24) is 0 Å². The predicted octanol–water partition coefficient (Wildman–Crippen LogP) is -2.69. The van der Waals surface area contributed by atoms with Crippen molar-refractivity contribution in [2.45, 2.75) is 266 Å². The van der Waals surface area contributed by atoms with Gasteiger partial charge in [0.15, 0.2) is 25.2 Å². The van der Waals surface area contributed by atoms with Crippen molar-refractivity contribution in [2.75, 3.05) is 26.4 Å². The number of ether oxygens (including phenoxy) is 10. The van der Waals surface area contributed by atoms with Crippen LogP contribution in [0.3, 0.4) is 0 Å². The van der Waals surface area contributed by atoms with Crippen molar-refractivity contribution in [1.29, 1.82) is 0 Å². The number of hydrogen-bond acceptors (Lipinski definition) is 26. The van der Waals surface area contributed by atoms with E-state index in [1.165, 1.54) is 13.8 Å². The zero-order valence-electron chi connectivity index (χ0n) is 49.6. The first kappa shape index (κ1) is 66.2. The number of esters is 1. The lowest BCUT2D eigenvalue weighted by atomic mass is 9.32. The predicted molar refractivity (Wildman–Crippen MR) is 288 cm³/mol. The third kappa shape index (κ3) is 10.9. The van der Waals surface area contributed by atoms with Crippen molar-refractivity contribution in [3.63, 3.8) is 0 Å². The minimum atomic E-state index is -1.90. The fraction of sp³-hybridized carbons (Fsp3) is 0.949. The number of fused-ring (bicyclic) bond motifs is 7. The molecule has 10 rings (SSSR count). The van der Waals surface area contributed by atoms with Crippen LogP contribution in [0.4, 0.5) is 0 Å². The Hall–Kier alpha value is -1.75. The van der Waals surface area contributed by atoms with Crippen LogP contribution in [0.1, 0.15) is 113 Å². The molecule has 0 bridgehead atoms. The van der Waals surface area contributed by atoms with E-state index in [1.807, 2.05) is 13.8 Å². The summed E-state index contributed by atoms with van der Waals surface area (Å²) in [6.45, 7) is 16.5. The molecular formula is C59H96O26. The molecule has 0 amide bonds. The second kappa shape index (κ2) is 24.7. The summed E-state index contributed by atoms with van der Waals surface area (Å²) >= 11 is 0. The van der Waals surface area contributed by atoms with Gasteiger partial charge in [-0.25, -0.2) is 0 Å². The van der Waals surface area contributed by atoms with Gasteiger partial charge in [0.05, 0.1) is 50.2 Å². The second-order valence-corrected chi connectivity index (χ2v) is 28.0. The molecule has 5 aliphatic carbocycles. The molecule has 0 radical (unpaired) electrons. The average Bonchev–Trinajstić information content (AvgIpc) is 1.62. The molecule has 0 aromatic heterocycles. The summed E-state index contributed by atoms with van der Waals surface area (Å²) in [5, 5.41) is 163. The fourth-order valence-electron chi connectivity index (χ4n) is 18.4. The first-order valence-corrected chi connectivity index (χ1v) is 30.7. The minimum Gasteiger partial charge on any atom is -0.432 e. The summed E-state index contributed by atoms with van der Waals surface area (Å²) in [5.74, 6) is -0.760. The van der Waals surface area contributed by atoms with Gasteiger partial charge in [0.2, 0.25) is 6.29 Å². The molecule has 0 aromatic rings. The highest BCUT2D eigenvalue weighted by atomic mass is 16.8. The molecule has 5 aliphatic heterocycles. The Labute approximate surface area is 494 Å². The van der Waals surface area contributed by atoms with Gasteiger partial charge in [0, 0.05) is 5.41 Å². The summed E-state index contributed by atoms with van der Waals surface area (Å²) in [5.41, 5.74) is -1.80. The molecule has 488 valence electrons. The van der Waals surface area contributed by atoms with Gasteiger partial charge in [-0.2, -0.15) is 0 Å². The van der Waals surface area contributed by atoms with Crippen LogP contribution < -0.4 is 0 Å². The molecule has 10 fully saturated rings. The van der Waals surface area contributed by atoms with E-state index in [2.05, 4.69) is 27.4 Å². The standard InChI is InChI=1S/C59H96O26/c1-23(2)26-11-16-59(54(75)85-52-45(73)41(69)38(66)30(81-52)21-77-49-46(74)42(70)47(29(19-60)80-49)83-50-43(71)39(67)35(63)24(3)78-50)18-17-57(7)27(34(26)59)9-10-32-55(5)14-13-33(56(6,22-61)31(55)12-15-58(32,57)8)82-53-48(37(65)28(62)20-76-53)84-51-44(72)40(68)36(64)25(4)79-51/h24-53,60-74H,1,9-22H2,2-8H3/t24-,25-,26+,27+,28-,29+,30+,31+,32+,33-,34-,35-,36-,37-,38+,39+,40+,41-,42+,43+,44-,45-,46-,47+,48-,49+,50-,51-,52-,53-,55-,56-,57+,58+,59-/m0/s1.